The smallest absolute Gasteiger partial charge is 0.406 e. The topological polar surface area (TPSA) is 75.4 Å². The van der Waals surface area contributed by atoms with Crippen molar-refractivity contribution < 1.29 is 27.9 Å². The number of amides is 1. The highest BCUT2D eigenvalue weighted by Crippen LogP contribution is 2.46. The van der Waals surface area contributed by atoms with Crippen molar-refractivity contribution in [3.8, 4) is 0 Å². The van der Waals surface area contributed by atoms with E-state index < -0.39 is 36.4 Å². The van der Waals surface area contributed by atoms with Gasteiger partial charge in [-0.15, -0.1) is 0 Å². The Balaban J connectivity index is 2.28. The molecule has 0 aromatic carbocycles. The first-order chi connectivity index (χ1) is 10.5. The van der Waals surface area contributed by atoms with E-state index in [1.54, 1.807) is 11.6 Å². The SMILES string of the molecule is Cc1c(C(=O)N2CC[C@](C(=O)O)(C(F)(F)F)C2)cnn1C(C)C. The summed E-state index contributed by atoms with van der Waals surface area (Å²) in [5.41, 5.74) is -2.16. The molecule has 9 heteroatoms. The van der Waals surface area contributed by atoms with Gasteiger partial charge < -0.3 is 10.0 Å². The first kappa shape index (κ1) is 17.3. The van der Waals surface area contributed by atoms with Crippen molar-refractivity contribution in [3.05, 3.63) is 17.5 Å². The molecule has 1 aromatic rings. The van der Waals surface area contributed by atoms with Crippen molar-refractivity contribution in [1.29, 1.82) is 0 Å². The van der Waals surface area contributed by atoms with Crippen molar-refractivity contribution in [3.63, 3.8) is 0 Å². The Labute approximate surface area is 130 Å². The molecule has 1 fully saturated rings. The van der Waals surface area contributed by atoms with Crippen molar-refractivity contribution in [2.45, 2.75) is 39.4 Å². The van der Waals surface area contributed by atoms with Gasteiger partial charge in [-0.1, -0.05) is 0 Å². The fraction of sp³-hybridized carbons (Fsp3) is 0.643. The lowest BCUT2D eigenvalue weighted by Gasteiger charge is -2.27. The normalized spacial score (nSPS) is 22.0. The third kappa shape index (κ3) is 2.68. The van der Waals surface area contributed by atoms with E-state index in [2.05, 4.69) is 5.10 Å². The number of likely N-dealkylation sites (tertiary alicyclic amines) is 1. The zero-order chi connectivity index (χ0) is 17.6. The van der Waals surface area contributed by atoms with Crippen LogP contribution in [0.25, 0.3) is 0 Å². The molecule has 2 rings (SSSR count). The van der Waals surface area contributed by atoms with E-state index in [1.807, 2.05) is 13.8 Å². The average Bonchev–Trinajstić information content (AvgIpc) is 3.01. The number of alkyl halides is 3. The number of carbonyl (C=O) groups excluding carboxylic acids is 1. The molecule has 23 heavy (non-hydrogen) atoms. The zero-order valence-corrected chi connectivity index (χ0v) is 13.0. The third-order valence-electron chi connectivity index (χ3n) is 4.27. The molecule has 1 aliphatic heterocycles. The molecule has 1 aliphatic rings. The van der Waals surface area contributed by atoms with Gasteiger partial charge in [-0.3, -0.25) is 14.3 Å². The van der Waals surface area contributed by atoms with E-state index in [4.69, 9.17) is 5.11 Å². The summed E-state index contributed by atoms with van der Waals surface area (Å²) in [5.74, 6) is -2.57. The standard InChI is InChI=1S/C14H18F3N3O3/c1-8(2)20-9(3)10(6-18-20)11(21)19-5-4-13(7-19,12(22)23)14(15,16)17/h6,8H,4-5,7H2,1-3H3,(H,22,23)/t13-/m0/s1. The fourth-order valence-corrected chi connectivity index (χ4v) is 2.83. The highest BCUT2D eigenvalue weighted by atomic mass is 19.4. The Morgan fingerprint density at radius 3 is 2.39 bits per heavy atom. The van der Waals surface area contributed by atoms with Gasteiger partial charge in [-0.2, -0.15) is 18.3 Å². The van der Waals surface area contributed by atoms with Gasteiger partial charge >= 0.3 is 12.1 Å². The number of carboxylic acid groups (broad SMARTS) is 1. The Hall–Kier alpha value is -2.06. The molecular formula is C14H18F3N3O3. The number of nitrogens with zero attached hydrogens (tertiary/aromatic N) is 3. The number of carboxylic acids is 1. The lowest BCUT2D eigenvalue weighted by atomic mass is 9.86. The van der Waals surface area contributed by atoms with Crippen LogP contribution in [-0.2, 0) is 4.79 Å². The molecule has 0 bridgehead atoms. The van der Waals surface area contributed by atoms with E-state index in [1.165, 1.54) is 6.20 Å². The van der Waals surface area contributed by atoms with E-state index in [0.717, 1.165) is 4.90 Å². The summed E-state index contributed by atoms with van der Waals surface area (Å²) in [7, 11) is 0. The van der Waals surface area contributed by atoms with Gasteiger partial charge in [-0.05, 0) is 27.2 Å². The number of hydrogen-bond acceptors (Lipinski definition) is 3. The fourth-order valence-electron chi connectivity index (χ4n) is 2.83. The van der Waals surface area contributed by atoms with E-state index in [-0.39, 0.29) is 18.2 Å². The Morgan fingerprint density at radius 2 is 2.00 bits per heavy atom. The molecular weight excluding hydrogens is 315 g/mol. The molecule has 6 nitrogen and oxygen atoms in total. The molecule has 1 saturated heterocycles. The lowest BCUT2D eigenvalue weighted by molar-refractivity contribution is -0.227. The summed E-state index contributed by atoms with van der Waals surface area (Å²) in [5, 5.41) is 13.1. The molecule has 1 N–H and O–H groups in total. The first-order valence-corrected chi connectivity index (χ1v) is 7.15. The third-order valence-corrected chi connectivity index (χ3v) is 4.27. The van der Waals surface area contributed by atoms with Gasteiger partial charge in [-0.25, -0.2) is 0 Å². The maximum atomic E-state index is 13.2. The Bertz CT molecular complexity index is 639. The molecule has 0 unspecified atom stereocenters. The van der Waals surface area contributed by atoms with Crippen LogP contribution in [0.15, 0.2) is 6.20 Å². The maximum Gasteiger partial charge on any atom is 0.406 e. The highest BCUT2D eigenvalue weighted by Gasteiger charge is 2.64. The molecule has 0 radical (unpaired) electrons. The minimum atomic E-state index is -4.91. The number of aliphatic carboxylic acids is 1. The van der Waals surface area contributed by atoms with Gasteiger partial charge in [0.25, 0.3) is 5.91 Å². The highest BCUT2D eigenvalue weighted by molar-refractivity contribution is 5.96. The second-order valence-corrected chi connectivity index (χ2v) is 6.04. The van der Waals surface area contributed by atoms with Crippen LogP contribution in [0.4, 0.5) is 13.2 Å². The predicted octanol–water partition coefficient (Wildman–Crippen LogP) is 2.25. The van der Waals surface area contributed by atoms with Gasteiger partial charge in [0.1, 0.15) is 0 Å². The molecule has 1 aromatic heterocycles. The number of rotatable bonds is 3. The van der Waals surface area contributed by atoms with Crippen LogP contribution >= 0.6 is 0 Å². The summed E-state index contributed by atoms with van der Waals surface area (Å²) in [6, 6.07) is 0.00316. The van der Waals surface area contributed by atoms with Gasteiger partial charge in [0.15, 0.2) is 5.41 Å². The van der Waals surface area contributed by atoms with Crippen LogP contribution in [0.1, 0.15) is 42.4 Å². The van der Waals surface area contributed by atoms with Crippen LogP contribution in [0.5, 0.6) is 0 Å². The van der Waals surface area contributed by atoms with Crippen LogP contribution in [0, 0.1) is 12.3 Å². The quantitative estimate of drug-likeness (QED) is 0.920. The summed E-state index contributed by atoms with van der Waals surface area (Å²) in [6.07, 6.45) is -4.24. The number of aromatic nitrogens is 2. The molecule has 1 amide bonds. The second-order valence-electron chi connectivity index (χ2n) is 6.04. The largest absolute Gasteiger partial charge is 0.481 e. The minimum absolute atomic E-state index is 0.00316. The molecule has 0 spiro atoms. The van der Waals surface area contributed by atoms with Gasteiger partial charge in [0.2, 0.25) is 0 Å². The zero-order valence-electron chi connectivity index (χ0n) is 13.0. The van der Waals surface area contributed by atoms with E-state index >= 15 is 0 Å². The van der Waals surface area contributed by atoms with Crippen LogP contribution < -0.4 is 0 Å². The average molecular weight is 333 g/mol. The number of carbonyl (C=O) groups is 2. The van der Waals surface area contributed by atoms with Crippen LogP contribution in [0.3, 0.4) is 0 Å². The first-order valence-electron chi connectivity index (χ1n) is 7.15. The molecule has 2 heterocycles. The summed E-state index contributed by atoms with van der Waals surface area (Å²) >= 11 is 0. The monoisotopic (exact) mass is 333 g/mol. The Kier molecular flexibility index (Phi) is 4.16. The maximum absolute atomic E-state index is 13.2. The Morgan fingerprint density at radius 1 is 1.39 bits per heavy atom. The van der Waals surface area contributed by atoms with Crippen LogP contribution in [0.2, 0.25) is 0 Å². The summed E-state index contributed by atoms with van der Waals surface area (Å²) < 4.78 is 41.1. The van der Waals surface area contributed by atoms with Gasteiger partial charge in [0.05, 0.1) is 11.8 Å². The van der Waals surface area contributed by atoms with Gasteiger partial charge in [0, 0.05) is 24.8 Å². The van der Waals surface area contributed by atoms with Crippen LogP contribution in [-0.4, -0.2) is 50.9 Å². The molecule has 1 atom stereocenters. The van der Waals surface area contributed by atoms with Crippen molar-refractivity contribution in [2.75, 3.05) is 13.1 Å². The van der Waals surface area contributed by atoms with Crippen molar-refractivity contribution in [2.24, 2.45) is 5.41 Å². The van der Waals surface area contributed by atoms with E-state index in [0.29, 0.717) is 5.69 Å². The lowest BCUT2D eigenvalue weighted by Crippen LogP contribution is -2.47. The minimum Gasteiger partial charge on any atom is -0.481 e. The predicted molar refractivity (Wildman–Crippen MR) is 74.0 cm³/mol. The van der Waals surface area contributed by atoms with Crippen molar-refractivity contribution in [1.82, 2.24) is 14.7 Å². The number of halogens is 3. The molecule has 0 aliphatic carbocycles. The summed E-state index contributed by atoms with van der Waals surface area (Å²) in [6.45, 7) is 4.25. The van der Waals surface area contributed by atoms with Crippen molar-refractivity contribution >= 4 is 11.9 Å². The second kappa shape index (κ2) is 5.54. The van der Waals surface area contributed by atoms with E-state index in [9.17, 15) is 22.8 Å². The summed E-state index contributed by atoms with van der Waals surface area (Å²) in [4.78, 5) is 24.6. The number of hydrogen-bond donors (Lipinski definition) is 1. The molecule has 0 saturated carbocycles. The molecule has 128 valence electrons.